The van der Waals surface area contributed by atoms with Gasteiger partial charge in [0.05, 0.1) is 10.8 Å². The molecule has 0 heterocycles. The molecule has 0 saturated carbocycles. The molecule has 0 spiro atoms. The topological polar surface area (TPSA) is 101 Å². The molecule has 7 nitrogen and oxygen atoms in total. The van der Waals surface area contributed by atoms with Crippen molar-refractivity contribution in [1.82, 2.24) is 10.9 Å². The SMILES string of the molecule is CCC[C@H](C(=O)NNC(=O)c1cccc([N+](=O)[O-])c1)c1ccccc1. The molecule has 0 fully saturated rings. The van der Waals surface area contributed by atoms with Crippen molar-refractivity contribution in [3.63, 3.8) is 0 Å². The van der Waals surface area contributed by atoms with Crippen molar-refractivity contribution in [2.75, 3.05) is 0 Å². The largest absolute Gasteiger partial charge is 0.273 e. The summed E-state index contributed by atoms with van der Waals surface area (Å²) in [7, 11) is 0. The first-order valence-corrected chi connectivity index (χ1v) is 7.92. The van der Waals surface area contributed by atoms with Gasteiger partial charge in [-0.25, -0.2) is 0 Å². The Bertz CT molecular complexity index is 762. The minimum atomic E-state index is -0.611. The van der Waals surface area contributed by atoms with Crippen LogP contribution in [0.25, 0.3) is 0 Å². The lowest BCUT2D eigenvalue weighted by atomic mass is 9.94. The van der Waals surface area contributed by atoms with E-state index in [1.807, 2.05) is 37.3 Å². The number of nitro groups is 1. The van der Waals surface area contributed by atoms with E-state index in [9.17, 15) is 19.7 Å². The molecule has 0 saturated heterocycles. The number of rotatable bonds is 6. The van der Waals surface area contributed by atoms with Gasteiger partial charge in [0.15, 0.2) is 0 Å². The molecule has 7 heteroatoms. The highest BCUT2D eigenvalue weighted by molar-refractivity contribution is 5.96. The van der Waals surface area contributed by atoms with Gasteiger partial charge in [-0.1, -0.05) is 49.7 Å². The van der Waals surface area contributed by atoms with E-state index in [4.69, 9.17) is 0 Å². The Labute approximate surface area is 145 Å². The maximum absolute atomic E-state index is 12.4. The van der Waals surface area contributed by atoms with Gasteiger partial charge in [-0.15, -0.1) is 0 Å². The van der Waals surface area contributed by atoms with Gasteiger partial charge >= 0.3 is 0 Å². The van der Waals surface area contributed by atoms with Gasteiger partial charge in [-0.05, 0) is 18.1 Å². The second-order valence-electron chi connectivity index (χ2n) is 5.50. The van der Waals surface area contributed by atoms with Crippen LogP contribution in [-0.2, 0) is 4.79 Å². The van der Waals surface area contributed by atoms with Crippen LogP contribution in [0.1, 0.15) is 41.6 Å². The van der Waals surface area contributed by atoms with Crippen LogP contribution in [0.3, 0.4) is 0 Å². The van der Waals surface area contributed by atoms with Crippen molar-refractivity contribution in [3.05, 3.63) is 75.8 Å². The average Bonchev–Trinajstić information content (AvgIpc) is 2.64. The predicted octanol–water partition coefficient (Wildman–Crippen LogP) is 2.94. The highest BCUT2D eigenvalue weighted by Gasteiger charge is 2.20. The monoisotopic (exact) mass is 341 g/mol. The summed E-state index contributed by atoms with van der Waals surface area (Å²) in [5.74, 6) is -1.32. The highest BCUT2D eigenvalue weighted by atomic mass is 16.6. The van der Waals surface area contributed by atoms with E-state index in [2.05, 4.69) is 10.9 Å². The summed E-state index contributed by atoms with van der Waals surface area (Å²) >= 11 is 0. The zero-order valence-electron chi connectivity index (χ0n) is 13.8. The lowest BCUT2D eigenvalue weighted by Gasteiger charge is -2.17. The van der Waals surface area contributed by atoms with Crippen LogP contribution in [0.4, 0.5) is 5.69 Å². The summed E-state index contributed by atoms with van der Waals surface area (Å²) in [4.78, 5) is 34.7. The number of benzene rings is 2. The van der Waals surface area contributed by atoms with Gasteiger partial charge in [0.25, 0.3) is 11.6 Å². The van der Waals surface area contributed by atoms with E-state index in [0.29, 0.717) is 6.42 Å². The maximum Gasteiger partial charge on any atom is 0.270 e. The minimum Gasteiger partial charge on any atom is -0.273 e. The Balaban J connectivity index is 2.03. The molecular weight excluding hydrogens is 322 g/mol. The Hall–Kier alpha value is -3.22. The fourth-order valence-electron chi connectivity index (χ4n) is 2.46. The summed E-state index contributed by atoms with van der Waals surface area (Å²) in [6, 6.07) is 14.6. The Morgan fingerprint density at radius 1 is 1.08 bits per heavy atom. The van der Waals surface area contributed by atoms with Crippen molar-refractivity contribution >= 4 is 17.5 Å². The number of nitrogens with zero attached hydrogens (tertiary/aromatic N) is 1. The molecule has 2 rings (SSSR count). The third-order valence-corrected chi connectivity index (χ3v) is 3.71. The average molecular weight is 341 g/mol. The molecule has 0 aliphatic carbocycles. The number of hydrogen-bond acceptors (Lipinski definition) is 4. The molecule has 1 atom stereocenters. The second-order valence-corrected chi connectivity index (χ2v) is 5.50. The smallest absolute Gasteiger partial charge is 0.270 e. The third kappa shape index (κ3) is 4.87. The standard InChI is InChI=1S/C18H19N3O4/c1-2-7-16(13-8-4-3-5-9-13)18(23)20-19-17(22)14-10-6-11-15(12-14)21(24)25/h3-6,8-12,16H,2,7H2,1H3,(H,19,22)(H,20,23)/t16-/m0/s1. The molecule has 2 N–H and O–H groups in total. The van der Waals surface area contributed by atoms with E-state index in [1.54, 1.807) is 0 Å². The van der Waals surface area contributed by atoms with Crippen LogP contribution in [0, 0.1) is 10.1 Å². The zero-order valence-corrected chi connectivity index (χ0v) is 13.8. The van der Waals surface area contributed by atoms with Crippen molar-refractivity contribution in [2.45, 2.75) is 25.7 Å². The molecule has 25 heavy (non-hydrogen) atoms. The number of nitrogens with one attached hydrogen (secondary N) is 2. The number of carbonyl (C=O) groups is 2. The van der Waals surface area contributed by atoms with E-state index in [-0.39, 0.29) is 23.1 Å². The van der Waals surface area contributed by atoms with Crippen LogP contribution in [-0.4, -0.2) is 16.7 Å². The molecule has 2 aromatic rings. The number of hydrazine groups is 1. The second kappa shape index (κ2) is 8.58. The number of non-ortho nitro benzene ring substituents is 1. The lowest BCUT2D eigenvalue weighted by Crippen LogP contribution is -2.44. The van der Waals surface area contributed by atoms with Crippen LogP contribution in [0.5, 0.6) is 0 Å². The van der Waals surface area contributed by atoms with Crippen LogP contribution in [0.2, 0.25) is 0 Å². The summed E-state index contributed by atoms with van der Waals surface area (Å²) in [5, 5.41) is 10.8. The van der Waals surface area contributed by atoms with E-state index in [0.717, 1.165) is 18.1 Å². The fourth-order valence-corrected chi connectivity index (χ4v) is 2.46. The van der Waals surface area contributed by atoms with E-state index < -0.39 is 10.8 Å². The first-order chi connectivity index (χ1) is 12.0. The number of nitro benzene ring substituents is 1. The van der Waals surface area contributed by atoms with Crippen LogP contribution < -0.4 is 10.9 Å². The predicted molar refractivity (Wildman–Crippen MR) is 92.8 cm³/mol. The van der Waals surface area contributed by atoms with Gasteiger partial charge < -0.3 is 0 Å². The number of amides is 2. The van der Waals surface area contributed by atoms with Gasteiger partial charge in [0.2, 0.25) is 5.91 Å². The van der Waals surface area contributed by atoms with Gasteiger partial charge in [0.1, 0.15) is 0 Å². The normalized spacial score (nSPS) is 11.4. The molecular formula is C18H19N3O4. The summed E-state index contributed by atoms with van der Waals surface area (Å²) in [5.41, 5.74) is 5.49. The Morgan fingerprint density at radius 3 is 2.44 bits per heavy atom. The third-order valence-electron chi connectivity index (χ3n) is 3.71. The molecule has 130 valence electrons. The van der Waals surface area contributed by atoms with Crippen molar-refractivity contribution in [1.29, 1.82) is 0 Å². The van der Waals surface area contributed by atoms with Gasteiger partial charge in [0, 0.05) is 17.7 Å². The van der Waals surface area contributed by atoms with Crippen LogP contribution in [0.15, 0.2) is 54.6 Å². The zero-order chi connectivity index (χ0) is 18.2. The lowest BCUT2D eigenvalue weighted by molar-refractivity contribution is -0.384. The first-order valence-electron chi connectivity index (χ1n) is 7.92. The van der Waals surface area contributed by atoms with Gasteiger partial charge in [-0.3, -0.25) is 30.6 Å². The molecule has 0 aliphatic rings. The van der Waals surface area contributed by atoms with E-state index in [1.165, 1.54) is 18.2 Å². The summed E-state index contributed by atoms with van der Waals surface area (Å²) < 4.78 is 0. The van der Waals surface area contributed by atoms with Crippen molar-refractivity contribution in [2.24, 2.45) is 0 Å². The summed E-state index contributed by atoms with van der Waals surface area (Å²) in [6.07, 6.45) is 1.45. The highest BCUT2D eigenvalue weighted by Crippen LogP contribution is 2.21. The molecule has 0 radical (unpaired) electrons. The molecule has 2 aromatic carbocycles. The number of hydrogen-bond donors (Lipinski definition) is 2. The molecule has 0 aromatic heterocycles. The molecule has 2 amide bonds. The maximum atomic E-state index is 12.4. The number of carbonyl (C=O) groups excluding carboxylic acids is 2. The minimum absolute atomic E-state index is 0.0984. The molecule has 0 unspecified atom stereocenters. The molecule has 0 aliphatic heterocycles. The first kappa shape index (κ1) is 18.1. The van der Waals surface area contributed by atoms with Crippen LogP contribution >= 0.6 is 0 Å². The van der Waals surface area contributed by atoms with E-state index >= 15 is 0 Å². The fraction of sp³-hybridized carbons (Fsp3) is 0.222. The van der Waals surface area contributed by atoms with Gasteiger partial charge in [-0.2, -0.15) is 0 Å². The molecule has 0 bridgehead atoms. The Morgan fingerprint density at radius 2 is 1.80 bits per heavy atom. The Kier molecular flexibility index (Phi) is 6.22. The van der Waals surface area contributed by atoms with Crippen molar-refractivity contribution in [3.8, 4) is 0 Å². The summed E-state index contributed by atoms with van der Waals surface area (Å²) in [6.45, 7) is 1.98. The van der Waals surface area contributed by atoms with Crippen molar-refractivity contribution < 1.29 is 14.5 Å². The quantitative estimate of drug-likeness (QED) is 0.623.